The topological polar surface area (TPSA) is 29.1 Å². The maximum Gasteiger partial charge on any atom is 0.251 e. The van der Waals surface area contributed by atoms with Gasteiger partial charge < -0.3 is 5.32 Å². The highest BCUT2D eigenvalue weighted by molar-refractivity contribution is 9.09. The van der Waals surface area contributed by atoms with Crippen LogP contribution in [0.2, 0.25) is 0 Å². The summed E-state index contributed by atoms with van der Waals surface area (Å²) in [6.45, 7) is 7.35. The van der Waals surface area contributed by atoms with Gasteiger partial charge in [-0.25, -0.2) is 0 Å². The Morgan fingerprint density at radius 3 is 2.38 bits per heavy atom. The van der Waals surface area contributed by atoms with Gasteiger partial charge in [0.05, 0.1) is 0 Å². The van der Waals surface area contributed by atoms with Crippen molar-refractivity contribution in [3.05, 3.63) is 35.4 Å². The van der Waals surface area contributed by atoms with Crippen LogP contribution in [-0.4, -0.2) is 17.8 Å². The van der Waals surface area contributed by atoms with Gasteiger partial charge in [-0.15, -0.1) is 0 Å². The van der Waals surface area contributed by atoms with E-state index in [1.165, 1.54) is 24.8 Å². The van der Waals surface area contributed by atoms with E-state index in [0.29, 0.717) is 11.8 Å². The summed E-state index contributed by atoms with van der Waals surface area (Å²) in [6.07, 6.45) is 3.81. The van der Waals surface area contributed by atoms with E-state index in [1.807, 2.05) is 12.1 Å². The second kappa shape index (κ2) is 6.95. The fourth-order valence-electron chi connectivity index (χ4n) is 3.03. The number of alkyl halides is 1. The molecule has 0 spiro atoms. The molecule has 1 saturated carbocycles. The van der Waals surface area contributed by atoms with Crippen LogP contribution in [0.15, 0.2) is 24.3 Å². The minimum Gasteiger partial charge on any atom is -0.352 e. The van der Waals surface area contributed by atoms with Gasteiger partial charge in [-0.1, -0.05) is 55.3 Å². The van der Waals surface area contributed by atoms with Crippen molar-refractivity contribution in [1.82, 2.24) is 5.32 Å². The van der Waals surface area contributed by atoms with Gasteiger partial charge in [0.1, 0.15) is 0 Å². The van der Waals surface area contributed by atoms with Crippen molar-refractivity contribution in [3.8, 4) is 0 Å². The SMILES string of the molecule is CC(C)(C)c1ccc(C(=O)NCC2CCCC2CBr)cc1. The third-order valence-corrected chi connectivity index (χ3v) is 5.38. The normalized spacial score (nSPS) is 22.3. The third-order valence-electron chi connectivity index (χ3n) is 4.55. The number of hydrogen-bond donors (Lipinski definition) is 1. The second-order valence-electron chi connectivity index (χ2n) is 7.14. The van der Waals surface area contributed by atoms with Crippen LogP contribution in [0.25, 0.3) is 0 Å². The zero-order valence-corrected chi connectivity index (χ0v) is 14.9. The van der Waals surface area contributed by atoms with Gasteiger partial charge in [0, 0.05) is 17.4 Å². The predicted octanol–water partition coefficient (Wildman–Crippen LogP) is 4.53. The molecule has 2 rings (SSSR count). The molecular weight excluding hydrogens is 326 g/mol. The summed E-state index contributed by atoms with van der Waals surface area (Å²) in [4.78, 5) is 12.2. The Morgan fingerprint density at radius 1 is 1.19 bits per heavy atom. The highest BCUT2D eigenvalue weighted by Crippen LogP contribution is 2.32. The minimum absolute atomic E-state index is 0.0516. The Bertz CT molecular complexity index is 475. The Hall–Kier alpha value is -0.830. The number of nitrogens with one attached hydrogen (secondary N) is 1. The number of halogens is 1. The molecule has 1 aliphatic rings. The molecule has 1 aliphatic carbocycles. The van der Waals surface area contributed by atoms with Crippen LogP contribution in [0.3, 0.4) is 0 Å². The van der Waals surface area contributed by atoms with Gasteiger partial charge in [0.15, 0.2) is 0 Å². The first-order chi connectivity index (χ1) is 9.91. The summed E-state index contributed by atoms with van der Waals surface area (Å²) in [5.41, 5.74) is 2.15. The molecule has 2 nitrogen and oxygen atoms in total. The molecule has 1 aromatic rings. The van der Waals surface area contributed by atoms with Crippen LogP contribution in [0.1, 0.15) is 56.0 Å². The number of amides is 1. The molecule has 0 bridgehead atoms. The zero-order valence-electron chi connectivity index (χ0n) is 13.3. The lowest BCUT2D eigenvalue weighted by Gasteiger charge is -2.20. The molecule has 1 fully saturated rings. The van der Waals surface area contributed by atoms with Gasteiger partial charge in [-0.05, 0) is 47.8 Å². The third kappa shape index (κ3) is 4.32. The van der Waals surface area contributed by atoms with Gasteiger partial charge in [0.25, 0.3) is 5.91 Å². The summed E-state index contributed by atoms with van der Waals surface area (Å²) < 4.78 is 0. The molecule has 0 radical (unpaired) electrons. The van der Waals surface area contributed by atoms with Crippen molar-refractivity contribution in [1.29, 1.82) is 0 Å². The van der Waals surface area contributed by atoms with E-state index in [1.54, 1.807) is 0 Å². The van der Waals surface area contributed by atoms with E-state index in [-0.39, 0.29) is 11.3 Å². The summed E-state index contributed by atoms with van der Waals surface area (Å²) in [5.74, 6) is 1.39. The van der Waals surface area contributed by atoms with Gasteiger partial charge in [-0.3, -0.25) is 4.79 Å². The van der Waals surface area contributed by atoms with Crippen molar-refractivity contribution in [3.63, 3.8) is 0 Å². The lowest BCUT2D eigenvalue weighted by Crippen LogP contribution is -2.31. The van der Waals surface area contributed by atoms with Crippen molar-refractivity contribution in [2.24, 2.45) is 11.8 Å². The highest BCUT2D eigenvalue weighted by atomic mass is 79.9. The molecule has 0 aromatic heterocycles. The molecular formula is C18H26BrNO. The lowest BCUT2D eigenvalue weighted by molar-refractivity contribution is 0.0944. The molecule has 0 aliphatic heterocycles. The van der Waals surface area contributed by atoms with E-state index in [4.69, 9.17) is 0 Å². The Kier molecular flexibility index (Phi) is 5.48. The van der Waals surface area contributed by atoms with E-state index >= 15 is 0 Å². The fraction of sp³-hybridized carbons (Fsp3) is 0.611. The molecule has 2 unspecified atom stereocenters. The van der Waals surface area contributed by atoms with E-state index in [0.717, 1.165) is 17.4 Å². The summed E-state index contributed by atoms with van der Waals surface area (Å²) in [7, 11) is 0. The van der Waals surface area contributed by atoms with Gasteiger partial charge in [0.2, 0.25) is 0 Å². The van der Waals surface area contributed by atoms with Crippen LogP contribution < -0.4 is 5.32 Å². The maximum absolute atomic E-state index is 12.2. The average molecular weight is 352 g/mol. The van der Waals surface area contributed by atoms with Crippen LogP contribution in [0.4, 0.5) is 0 Å². The maximum atomic E-state index is 12.2. The summed E-state index contributed by atoms with van der Waals surface area (Å²) >= 11 is 3.58. The number of rotatable bonds is 4. The monoisotopic (exact) mass is 351 g/mol. The van der Waals surface area contributed by atoms with Gasteiger partial charge >= 0.3 is 0 Å². The first kappa shape index (κ1) is 16.5. The van der Waals surface area contributed by atoms with Crippen LogP contribution in [-0.2, 0) is 5.41 Å². The fourth-order valence-corrected chi connectivity index (χ4v) is 3.89. The van der Waals surface area contributed by atoms with Gasteiger partial charge in [-0.2, -0.15) is 0 Å². The molecule has 1 N–H and O–H groups in total. The largest absolute Gasteiger partial charge is 0.352 e. The van der Waals surface area contributed by atoms with Crippen molar-refractivity contribution >= 4 is 21.8 Å². The Balaban J connectivity index is 1.91. The zero-order chi connectivity index (χ0) is 15.5. The van der Waals surface area contributed by atoms with Crippen LogP contribution in [0, 0.1) is 11.8 Å². The standard InChI is InChI=1S/C18H26BrNO/c1-18(2,3)16-9-7-13(8-10-16)17(21)20-12-15-6-4-5-14(15)11-19/h7-10,14-15H,4-6,11-12H2,1-3H3,(H,20,21). The van der Waals surface area contributed by atoms with Crippen molar-refractivity contribution < 1.29 is 4.79 Å². The molecule has 1 amide bonds. The number of carbonyl (C=O) groups is 1. The molecule has 3 heteroatoms. The van der Waals surface area contributed by atoms with Crippen LogP contribution in [0.5, 0.6) is 0 Å². The predicted molar refractivity (Wildman–Crippen MR) is 92.1 cm³/mol. The Morgan fingerprint density at radius 2 is 1.81 bits per heavy atom. The Labute approximate surface area is 136 Å². The van der Waals surface area contributed by atoms with E-state index < -0.39 is 0 Å². The molecule has 2 atom stereocenters. The molecule has 0 heterocycles. The first-order valence-electron chi connectivity index (χ1n) is 7.86. The molecule has 1 aromatic carbocycles. The van der Waals surface area contributed by atoms with Crippen LogP contribution >= 0.6 is 15.9 Å². The summed E-state index contributed by atoms with van der Waals surface area (Å²) in [6, 6.07) is 8.00. The number of carbonyl (C=O) groups excluding carboxylic acids is 1. The van der Waals surface area contributed by atoms with E-state index in [9.17, 15) is 4.79 Å². The van der Waals surface area contributed by atoms with Crippen molar-refractivity contribution in [2.45, 2.75) is 45.4 Å². The highest BCUT2D eigenvalue weighted by Gasteiger charge is 2.26. The minimum atomic E-state index is 0.0516. The first-order valence-corrected chi connectivity index (χ1v) is 8.98. The molecule has 0 saturated heterocycles. The summed E-state index contributed by atoms with van der Waals surface area (Å²) in [5, 5.41) is 4.15. The quantitative estimate of drug-likeness (QED) is 0.793. The lowest BCUT2D eigenvalue weighted by atomic mass is 9.86. The number of hydrogen-bond acceptors (Lipinski definition) is 1. The van der Waals surface area contributed by atoms with E-state index in [2.05, 4.69) is 54.2 Å². The smallest absolute Gasteiger partial charge is 0.251 e. The average Bonchev–Trinajstić information content (AvgIpc) is 2.91. The number of benzene rings is 1. The van der Waals surface area contributed by atoms with Crippen molar-refractivity contribution in [2.75, 3.05) is 11.9 Å². The molecule has 116 valence electrons. The molecule has 21 heavy (non-hydrogen) atoms. The second-order valence-corrected chi connectivity index (χ2v) is 7.79.